The Balaban J connectivity index is 1.75. The number of rotatable bonds is 5. The molecule has 2 aliphatic heterocycles. The standard InChI is InChI=1S/C16H24N3O4PS/c1-3-22-24(21,23-4-2)17-16(25)18-9-12-8-13(11-18)14-6-5-7-15(20)19(14)10-12/h5-7,12-13H,3-4,8-11H2,1-2H3,(H,17,21,25)/t12-,13-/m1/s1. The third-order valence-electron chi connectivity index (χ3n) is 4.60. The van der Waals surface area contributed by atoms with Gasteiger partial charge in [-0.1, -0.05) is 6.07 Å². The van der Waals surface area contributed by atoms with Crippen LogP contribution < -0.4 is 10.6 Å². The van der Waals surface area contributed by atoms with E-state index in [0.717, 1.165) is 18.7 Å². The predicted octanol–water partition coefficient (Wildman–Crippen LogP) is 2.32. The number of hydrogen-bond donors (Lipinski definition) is 1. The second kappa shape index (κ2) is 7.58. The minimum atomic E-state index is -3.43. The van der Waals surface area contributed by atoms with Gasteiger partial charge in [-0.3, -0.25) is 18.9 Å². The molecule has 0 unspecified atom stereocenters. The number of nitrogens with zero attached hydrogens (tertiary/aromatic N) is 2. The summed E-state index contributed by atoms with van der Waals surface area (Å²) in [4.78, 5) is 14.1. The van der Waals surface area contributed by atoms with Crippen LogP contribution in [0.2, 0.25) is 0 Å². The third kappa shape index (κ3) is 3.97. The van der Waals surface area contributed by atoms with E-state index in [4.69, 9.17) is 21.3 Å². The maximum atomic E-state index is 12.6. The van der Waals surface area contributed by atoms with E-state index in [1.54, 1.807) is 19.9 Å². The predicted molar refractivity (Wildman–Crippen MR) is 99.7 cm³/mol. The Morgan fingerprint density at radius 1 is 1.28 bits per heavy atom. The van der Waals surface area contributed by atoms with Crippen molar-refractivity contribution < 1.29 is 13.6 Å². The summed E-state index contributed by atoms with van der Waals surface area (Å²) in [5.74, 6) is 0.574. The molecule has 3 rings (SSSR count). The largest absolute Gasteiger partial charge is 0.434 e. The van der Waals surface area contributed by atoms with Crippen LogP contribution in [0.3, 0.4) is 0 Å². The molecule has 9 heteroatoms. The van der Waals surface area contributed by atoms with Crippen LogP contribution in [0, 0.1) is 5.92 Å². The monoisotopic (exact) mass is 385 g/mol. The van der Waals surface area contributed by atoms with Gasteiger partial charge in [0.15, 0.2) is 5.11 Å². The highest BCUT2D eigenvalue weighted by molar-refractivity contribution is 7.81. The molecule has 2 atom stereocenters. The van der Waals surface area contributed by atoms with E-state index in [1.165, 1.54) is 0 Å². The summed E-state index contributed by atoms with van der Waals surface area (Å²) >= 11 is 5.47. The maximum Gasteiger partial charge on any atom is 0.434 e. The number of piperidine rings is 1. The molecule has 0 saturated carbocycles. The minimum absolute atomic E-state index is 0.0542. The van der Waals surface area contributed by atoms with Crippen LogP contribution in [0.25, 0.3) is 0 Å². The van der Waals surface area contributed by atoms with Gasteiger partial charge in [0.2, 0.25) is 0 Å². The van der Waals surface area contributed by atoms with Gasteiger partial charge in [0.05, 0.1) is 13.2 Å². The van der Waals surface area contributed by atoms with E-state index >= 15 is 0 Å². The molecule has 0 spiro atoms. The van der Waals surface area contributed by atoms with Crippen molar-refractivity contribution in [1.29, 1.82) is 0 Å². The Labute approximate surface area is 152 Å². The molecule has 0 aliphatic carbocycles. The molecule has 0 aromatic carbocycles. The molecule has 0 radical (unpaired) electrons. The molecule has 2 aliphatic rings. The zero-order valence-corrected chi connectivity index (χ0v) is 16.2. The molecule has 7 nitrogen and oxygen atoms in total. The number of thiocarbonyl (C=S) groups is 1. The van der Waals surface area contributed by atoms with Gasteiger partial charge >= 0.3 is 7.75 Å². The van der Waals surface area contributed by atoms with Crippen LogP contribution in [0.1, 0.15) is 31.9 Å². The first kappa shape index (κ1) is 18.6. The van der Waals surface area contributed by atoms with E-state index < -0.39 is 7.75 Å². The van der Waals surface area contributed by atoms with Crippen molar-refractivity contribution in [1.82, 2.24) is 14.6 Å². The first-order valence-corrected chi connectivity index (χ1v) is 10.6. The Kier molecular flexibility index (Phi) is 5.63. The van der Waals surface area contributed by atoms with Crippen molar-refractivity contribution in [2.75, 3.05) is 26.3 Å². The van der Waals surface area contributed by atoms with Crippen LogP contribution in [0.4, 0.5) is 0 Å². The van der Waals surface area contributed by atoms with Gasteiger partial charge in [0.25, 0.3) is 5.56 Å². The molecule has 3 heterocycles. The van der Waals surface area contributed by atoms with Crippen molar-refractivity contribution in [3.05, 3.63) is 34.2 Å². The average molecular weight is 385 g/mol. The third-order valence-corrected chi connectivity index (χ3v) is 6.79. The van der Waals surface area contributed by atoms with E-state index in [2.05, 4.69) is 5.09 Å². The van der Waals surface area contributed by atoms with Crippen LogP contribution in [-0.2, 0) is 20.2 Å². The number of nitrogens with one attached hydrogen (secondary N) is 1. The van der Waals surface area contributed by atoms with Gasteiger partial charge < -0.3 is 9.47 Å². The van der Waals surface area contributed by atoms with Crippen molar-refractivity contribution in [3.8, 4) is 0 Å². The number of likely N-dealkylation sites (tertiary alicyclic amines) is 1. The number of pyridine rings is 1. The van der Waals surface area contributed by atoms with Crippen LogP contribution >= 0.6 is 20.0 Å². The Morgan fingerprint density at radius 2 is 2.00 bits per heavy atom. The van der Waals surface area contributed by atoms with Gasteiger partial charge in [-0.05, 0) is 44.5 Å². The second-order valence-electron chi connectivity index (χ2n) is 6.35. The summed E-state index contributed by atoms with van der Waals surface area (Å²) in [6.45, 7) is 6.17. The highest BCUT2D eigenvalue weighted by atomic mass is 32.1. The first-order chi connectivity index (χ1) is 12.0. The topological polar surface area (TPSA) is 72.8 Å². The van der Waals surface area contributed by atoms with Crippen LogP contribution in [0.15, 0.2) is 23.0 Å². The summed E-state index contributed by atoms with van der Waals surface area (Å²) in [6, 6.07) is 5.42. The van der Waals surface area contributed by atoms with Gasteiger partial charge in [-0.2, -0.15) is 0 Å². The smallest absolute Gasteiger partial charge is 0.348 e. The number of fused-ring (bicyclic) bond motifs is 4. The Morgan fingerprint density at radius 3 is 2.68 bits per heavy atom. The normalized spacial score (nSPS) is 22.4. The average Bonchev–Trinajstić information content (AvgIpc) is 2.56. The molecule has 1 N–H and O–H groups in total. The molecular formula is C16H24N3O4PS. The Bertz CT molecular complexity index is 743. The summed E-state index contributed by atoms with van der Waals surface area (Å²) in [7, 11) is -3.43. The molecule has 1 aromatic rings. The maximum absolute atomic E-state index is 12.6. The first-order valence-electron chi connectivity index (χ1n) is 8.61. The molecule has 1 aromatic heterocycles. The van der Waals surface area contributed by atoms with Gasteiger partial charge in [0, 0.05) is 37.3 Å². The molecule has 1 fully saturated rings. The summed E-state index contributed by atoms with van der Waals surface area (Å²) in [6.07, 6.45) is 1.04. The van der Waals surface area contributed by atoms with Crippen molar-refractivity contribution >= 4 is 25.1 Å². The lowest BCUT2D eigenvalue weighted by molar-refractivity contribution is 0.175. The van der Waals surface area contributed by atoms with E-state index in [-0.39, 0.29) is 24.7 Å². The number of aromatic nitrogens is 1. The lowest BCUT2D eigenvalue weighted by Gasteiger charge is -2.43. The number of hydrogen-bond acceptors (Lipinski definition) is 5. The fourth-order valence-electron chi connectivity index (χ4n) is 3.69. The molecule has 2 bridgehead atoms. The lowest BCUT2D eigenvalue weighted by atomic mass is 9.83. The Hall–Kier alpha value is -1.21. The molecular weight excluding hydrogens is 361 g/mol. The van der Waals surface area contributed by atoms with E-state index in [9.17, 15) is 9.36 Å². The van der Waals surface area contributed by atoms with E-state index in [1.807, 2.05) is 21.6 Å². The molecule has 138 valence electrons. The van der Waals surface area contributed by atoms with Gasteiger partial charge in [-0.25, -0.2) is 4.57 Å². The van der Waals surface area contributed by atoms with Crippen LogP contribution in [-0.4, -0.2) is 40.9 Å². The van der Waals surface area contributed by atoms with Crippen molar-refractivity contribution in [3.63, 3.8) is 0 Å². The zero-order valence-electron chi connectivity index (χ0n) is 14.5. The van der Waals surface area contributed by atoms with Crippen molar-refractivity contribution in [2.45, 2.75) is 32.7 Å². The molecule has 25 heavy (non-hydrogen) atoms. The quantitative estimate of drug-likeness (QED) is 0.616. The highest BCUT2D eigenvalue weighted by Crippen LogP contribution is 2.44. The fraction of sp³-hybridized carbons (Fsp3) is 0.625. The molecule has 1 saturated heterocycles. The second-order valence-corrected chi connectivity index (χ2v) is 8.47. The van der Waals surface area contributed by atoms with Crippen LogP contribution in [0.5, 0.6) is 0 Å². The van der Waals surface area contributed by atoms with Crippen molar-refractivity contribution in [2.24, 2.45) is 5.92 Å². The minimum Gasteiger partial charge on any atom is -0.348 e. The summed E-state index contributed by atoms with van der Waals surface area (Å²) in [5, 5.41) is 3.17. The van der Waals surface area contributed by atoms with E-state index in [0.29, 0.717) is 24.1 Å². The SMILES string of the molecule is CCOP(=O)(NC(=S)N1C[C@H]2C[C@H](C1)c1cccc(=O)n1C2)OCC. The fourth-order valence-corrected chi connectivity index (χ4v) is 5.44. The van der Waals surface area contributed by atoms with Gasteiger partial charge in [0.1, 0.15) is 0 Å². The highest BCUT2D eigenvalue weighted by Gasteiger charge is 2.37. The summed E-state index contributed by atoms with van der Waals surface area (Å²) < 4.78 is 25.0. The summed E-state index contributed by atoms with van der Waals surface area (Å²) in [5.41, 5.74) is 1.10. The lowest BCUT2D eigenvalue weighted by Crippen LogP contribution is -2.51. The zero-order chi connectivity index (χ0) is 18.0. The molecule has 0 amide bonds. The van der Waals surface area contributed by atoms with Gasteiger partial charge in [-0.15, -0.1) is 0 Å².